The standard InChI is InChI=1S/C19H21N3O3S/c1-14-8-9-16(26(24,25)21(2)3)12-17(14)20-19(23)13-22-11-10-15-6-4-5-7-18(15)22/h4-12H,13H2,1-3H3,(H,20,23). The highest BCUT2D eigenvalue weighted by molar-refractivity contribution is 7.89. The molecule has 6 nitrogen and oxygen atoms in total. The fraction of sp³-hybridized carbons (Fsp3) is 0.211. The summed E-state index contributed by atoms with van der Waals surface area (Å²) < 4.78 is 27.6. The van der Waals surface area contributed by atoms with Gasteiger partial charge >= 0.3 is 0 Å². The Morgan fingerprint density at radius 1 is 1.12 bits per heavy atom. The van der Waals surface area contributed by atoms with Gasteiger partial charge in [-0.25, -0.2) is 12.7 Å². The molecule has 136 valence electrons. The summed E-state index contributed by atoms with van der Waals surface area (Å²) in [5, 5.41) is 3.89. The molecule has 2 aromatic carbocycles. The molecule has 3 aromatic rings. The van der Waals surface area contributed by atoms with Crippen LogP contribution >= 0.6 is 0 Å². The summed E-state index contributed by atoms with van der Waals surface area (Å²) in [7, 11) is -0.600. The van der Waals surface area contributed by atoms with E-state index >= 15 is 0 Å². The Balaban J connectivity index is 1.83. The van der Waals surface area contributed by atoms with Crippen molar-refractivity contribution in [3.05, 3.63) is 60.3 Å². The Labute approximate surface area is 153 Å². The number of fused-ring (bicyclic) bond motifs is 1. The topological polar surface area (TPSA) is 71.4 Å². The number of hydrogen-bond donors (Lipinski definition) is 1. The summed E-state index contributed by atoms with van der Waals surface area (Å²) in [5.41, 5.74) is 2.27. The minimum absolute atomic E-state index is 0.148. The molecule has 0 bridgehead atoms. The molecule has 0 radical (unpaired) electrons. The Kier molecular flexibility index (Phi) is 4.84. The number of benzene rings is 2. The molecule has 0 aliphatic rings. The van der Waals surface area contributed by atoms with E-state index in [1.54, 1.807) is 12.1 Å². The first-order valence-corrected chi connectivity index (χ1v) is 9.60. The van der Waals surface area contributed by atoms with Crippen LogP contribution in [0.2, 0.25) is 0 Å². The van der Waals surface area contributed by atoms with Crippen molar-refractivity contribution in [2.24, 2.45) is 0 Å². The zero-order chi connectivity index (χ0) is 18.9. The molecule has 1 heterocycles. The van der Waals surface area contributed by atoms with Gasteiger partial charge in [-0.05, 0) is 42.1 Å². The number of rotatable bonds is 5. The van der Waals surface area contributed by atoms with E-state index in [1.807, 2.05) is 48.0 Å². The molecule has 1 aromatic heterocycles. The number of para-hydroxylation sites is 1. The molecule has 3 rings (SSSR count). The SMILES string of the molecule is Cc1ccc(S(=O)(=O)N(C)C)cc1NC(=O)Cn1ccc2ccccc21. The number of anilines is 1. The first-order chi connectivity index (χ1) is 12.3. The average Bonchev–Trinajstić information content (AvgIpc) is 2.99. The summed E-state index contributed by atoms with van der Waals surface area (Å²) in [5.74, 6) is -0.214. The summed E-state index contributed by atoms with van der Waals surface area (Å²) in [6, 6.07) is 14.5. The highest BCUT2D eigenvalue weighted by atomic mass is 32.2. The number of nitrogens with one attached hydrogen (secondary N) is 1. The van der Waals surface area contributed by atoms with Crippen molar-refractivity contribution in [2.45, 2.75) is 18.4 Å². The lowest BCUT2D eigenvalue weighted by Gasteiger charge is -2.14. The molecule has 7 heteroatoms. The molecule has 0 atom stereocenters. The molecule has 0 aliphatic heterocycles. The van der Waals surface area contributed by atoms with Crippen LogP contribution in [0.25, 0.3) is 10.9 Å². The van der Waals surface area contributed by atoms with Crippen molar-refractivity contribution in [3.63, 3.8) is 0 Å². The van der Waals surface area contributed by atoms with E-state index in [0.29, 0.717) is 5.69 Å². The third-order valence-corrected chi connectivity index (χ3v) is 6.07. The number of aromatic nitrogens is 1. The van der Waals surface area contributed by atoms with Gasteiger partial charge in [-0.1, -0.05) is 24.3 Å². The monoisotopic (exact) mass is 371 g/mol. The van der Waals surface area contributed by atoms with Gasteiger partial charge in [0.15, 0.2) is 0 Å². The van der Waals surface area contributed by atoms with Crippen molar-refractivity contribution < 1.29 is 13.2 Å². The third-order valence-electron chi connectivity index (χ3n) is 4.26. The minimum Gasteiger partial charge on any atom is -0.338 e. The minimum atomic E-state index is -3.55. The van der Waals surface area contributed by atoms with Crippen LogP contribution in [0.5, 0.6) is 0 Å². The van der Waals surface area contributed by atoms with E-state index < -0.39 is 10.0 Å². The molecule has 1 amide bonds. The van der Waals surface area contributed by atoms with Crippen LogP contribution in [-0.2, 0) is 21.4 Å². The van der Waals surface area contributed by atoms with Crippen LogP contribution < -0.4 is 5.32 Å². The molecule has 0 spiro atoms. The van der Waals surface area contributed by atoms with E-state index in [2.05, 4.69) is 5.32 Å². The van der Waals surface area contributed by atoms with E-state index in [9.17, 15) is 13.2 Å². The molecule has 0 saturated heterocycles. The smallest absolute Gasteiger partial charge is 0.244 e. The maximum atomic E-state index is 12.5. The number of carbonyl (C=O) groups is 1. The van der Waals surface area contributed by atoms with Crippen LogP contribution in [0, 0.1) is 6.92 Å². The lowest BCUT2D eigenvalue weighted by Crippen LogP contribution is -2.23. The molecule has 0 unspecified atom stereocenters. The fourth-order valence-electron chi connectivity index (χ4n) is 2.73. The molecule has 0 fully saturated rings. The van der Waals surface area contributed by atoms with Crippen molar-refractivity contribution in [2.75, 3.05) is 19.4 Å². The van der Waals surface area contributed by atoms with Crippen molar-refractivity contribution in [1.29, 1.82) is 0 Å². The summed E-state index contributed by atoms with van der Waals surface area (Å²) in [6.07, 6.45) is 1.87. The van der Waals surface area contributed by atoms with E-state index in [4.69, 9.17) is 0 Å². The maximum Gasteiger partial charge on any atom is 0.244 e. The van der Waals surface area contributed by atoms with E-state index in [-0.39, 0.29) is 17.3 Å². The Hall–Kier alpha value is -2.64. The Morgan fingerprint density at radius 3 is 2.58 bits per heavy atom. The van der Waals surface area contributed by atoms with Crippen LogP contribution in [0.1, 0.15) is 5.56 Å². The largest absolute Gasteiger partial charge is 0.338 e. The highest BCUT2D eigenvalue weighted by Gasteiger charge is 2.18. The van der Waals surface area contributed by atoms with Gasteiger partial charge in [0.1, 0.15) is 6.54 Å². The quantitative estimate of drug-likeness (QED) is 0.750. The zero-order valence-electron chi connectivity index (χ0n) is 14.9. The van der Waals surface area contributed by atoms with Gasteiger partial charge in [0.2, 0.25) is 15.9 Å². The number of nitrogens with zero attached hydrogens (tertiary/aromatic N) is 2. The maximum absolute atomic E-state index is 12.5. The number of aryl methyl sites for hydroxylation is 1. The number of sulfonamides is 1. The molecule has 0 saturated carbocycles. The van der Waals surface area contributed by atoms with Gasteiger partial charge in [-0.15, -0.1) is 0 Å². The number of amides is 1. The van der Waals surface area contributed by atoms with Gasteiger partial charge in [0, 0.05) is 31.5 Å². The van der Waals surface area contributed by atoms with Crippen molar-refractivity contribution in [1.82, 2.24) is 8.87 Å². The van der Waals surface area contributed by atoms with E-state index in [1.165, 1.54) is 20.2 Å². The predicted octanol–water partition coefficient (Wildman–Crippen LogP) is 2.84. The molecular formula is C19H21N3O3S. The normalized spacial score (nSPS) is 11.8. The lowest BCUT2D eigenvalue weighted by molar-refractivity contribution is -0.116. The summed E-state index contributed by atoms with van der Waals surface area (Å²) in [4.78, 5) is 12.6. The van der Waals surface area contributed by atoms with Gasteiger partial charge in [-0.3, -0.25) is 4.79 Å². The van der Waals surface area contributed by atoms with Gasteiger partial charge < -0.3 is 9.88 Å². The second-order valence-electron chi connectivity index (χ2n) is 6.31. The predicted molar refractivity (Wildman–Crippen MR) is 103 cm³/mol. The number of hydrogen-bond acceptors (Lipinski definition) is 3. The highest BCUT2D eigenvalue weighted by Crippen LogP contribution is 2.22. The van der Waals surface area contributed by atoms with Crippen molar-refractivity contribution in [3.8, 4) is 0 Å². The van der Waals surface area contributed by atoms with Crippen LogP contribution in [-0.4, -0.2) is 37.3 Å². The first-order valence-electron chi connectivity index (χ1n) is 8.16. The molecular weight excluding hydrogens is 350 g/mol. The second-order valence-corrected chi connectivity index (χ2v) is 8.47. The summed E-state index contributed by atoms with van der Waals surface area (Å²) >= 11 is 0. The van der Waals surface area contributed by atoms with Gasteiger partial charge in [0.05, 0.1) is 4.90 Å². The Morgan fingerprint density at radius 2 is 1.85 bits per heavy atom. The molecule has 1 N–H and O–H groups in total. The zero-order valence-corrected chi connectivity index (χ0v) is 15.7. The molecule has 0 aliphatic carbocycles. The first kappa shape index (κ1) is 18.2. The Bertz CT molecular complexity index is 1070. The van der Waals surface area contributed by atoms with Gasteiger partial charge in [0.25, 0.3) is 0 Å². The fourth-order valence-corrected chi connectivity index (χ4v) is 3.66. The second kappa shape index (κ2) is 6.93. The van der Waals surface area contributed by atoms with E-state index in [0.717, 1.165) is 20.8 Å². The van der Waals surface area contributed by atoms with Crippen LogP contribution in [0.15, 0.2) is 59.6 Å². The van der Waals surface area contributed by atoms with Crippen LogP contribution in [0.3, 0.4) is 0 Å². The third kappa shape index (κ3) is 3.49. The van der Waals surface area contributed by atoms with Crippen LogP contribution in [0.4, 0.5) is 5.69 Å². The van der Waals surface area contributed by atoms with Gasteiger partial charge in [-0.2, -0.15) is 0 Å². The van der Waals surface area contributed by atoms with Crippen molar-refractivity contribution >= 4 is 32.5 Å². The summed E-state index contributed by atoms with van der Waals surface area (Å²) in [6.45, 7) is 1.98. The average molecular weight is 371 g/mol. The lowest BCUT2D eigenvalue weighted by atomic mass is 10.2. The number of carbonyl (C=O) groups excluding carboxylic acids is 1. The molecule has 26 heavy (non-hydrogen) atoms.